The lowest BCUT2D eigenvalue weighted by molar-refractivity contribution is 0.500. The van der Waals surface area contributed by atoms with Gasteiger partial charge in [-0.15, -0.1) is 0 Å². The highest BCUT2D eigenvalue weighted by Gasteiger charge is 2.27. The van der Waals surface area contributed by atoms with Crippen LogP contribution in [0.2, 0.25) is 0 Å². The average Bonchev–Trinajstić information content (AvgIpc) is 3.21. The molecule has 0 radical (unpaired) electrons. The number of piperidine rings is 1. The zero-order valence-corrected chi connectivity index (χ0v) is 20.9. The van der Waals surface area contributed by atoms with Crippen LogP contribution in [-0.2, 0) is 9.84 Å². The van der Waals surface area contributed by atoms with Crippen molar-refractivity contribution in [2.75, 3.05) is 31.3 Å². The maximum Gasteiger partial charge on any atom is 0.205 e. The highest BCUT2D eigenvalue weighted by atomic mass is 32.2. The van der Waals surface area contributed by atoms with Gasteiger partial charge in [0.05, 0.1) is 0 Å². The van der Waals surface area contributed by atoms with E-state index in [0.717, 1.165) is 48.3 Å². The van der Waals surface area contributed by atoms with Gasteiger partial charge in [-0.05, 0) is 43.8 Å². The summed E-state index contributed by atoms with van der Waals surface area (Å²) in [5.41, 5.74) is 2.17. The molecule has 1 aliphatic heterocycles. The molecule has 31 heavy (non-hydrogen) atoms. The van der Waals surface area contributed by atoms with Gasteiger partial charge in [0.2, 0.25) is 5.13 Å². The summed E-state index contributed by atoms with van der Waals surface area (Å²) < 4.78 is 28.3. The van der Waals surface area contributed by atoms with E-state index in [1.165, 1.54) is 23.5 Å². The Hall–Kier alpha value is -1.87. The highest BCUT2D eigenvalue weighted by molar-refractivity contribution is 7.94. The van der Waals surface area contributed by atoms with Gasteiger partial charge < -0.3 is 4.90 Å². The van der Waals surface area contributed by atoms with Crippen molar-refractivity contribution in [1.82, 2.24) is 9.36 Å². The lowest BCUT2D eigenvalue weighted by atomic mass is 9.92. The van der Waals surface area contributed by atoms with Crippen molar-refractivity contribution < 1.29 is 8.42 Å². The SMILES string of the molecule is C/N=C(\N=C(/C)C1CCN(c2nc(C3=CC=C(S(C)(=O)=O)C(C)C3)ns2)CC1)C(C)C. The van der Waals surface area contributed by atoms with E-state index in [4.69, 9.17) is 9.98 Å². The van der Waals surface area contributed by atoms with Gasteiger partial charge in [0.15, 0.2) is 15.7 Å². The first-order chi connectivity index (χ1) is 14.6. The van der Waals surface area contributed by atoms with Crippen LogP contribution in [0, 0.1) is 17.8 Å². The molecule has 1 aromatic heterocycles. The predicted octanol–water partition coefficient (Wildman–Crippen LogP) is 4.25. The second kappa shape index (κ2) is 9.73. The van der Waals surface area contributed by atoms with E-state index in [2.05, 4.69) is 35.0 Å². The fourth-order valence-electron chi connectivity index (χ4n) is 4.17. The zero-order chi connectivity index (χ0) is 22.8. The van der Waals surface area contributed by atoms with Crippen molar-refractivity contribution in [3.8, 4) is 0 Å². The molecule has 1 aromatic rings. The quantitative estimate of drug-likeness (QED) is 0.481. The Morgan fingerprint density at radius 3 is 2.48 bits per heavy atom. The summed E-state index contributed by atoms with van der Waals surface area (Å²) in [6.07, 6.45) is 7.55. The second-order valence-corrected chi connectivity index (χ2v) is 11.5. The Morgan fingerprint density at radius 1 is 1.26 bits per heavy atom. The molecular weight excluding hydrogens is 430 g/mol. The van der Waals surface area contributed by atoms with Crippen LogP contribution >= 0.6 is 11.5 Å². The number of allylic oxidation sites excluding steroid dienone is 4. The molecule has 0 aromatic carbocycles. The lowest BCUT2D eigenvalue weighted by Crippen LogP contribution is -2.36. The molecule has 7 nitrogen and oxygen atoms in total. The first-order valence-electron chi connectivity index (χ1n) is 10.8. The topological polar surface area (TPSA) is 87.9 Å². The van der Waals surface area contributed by atoms with Crippen molar-refractivity contribution in [3.63, 3.8) is 0 Å². The van der Waals surface area contributed by atoms with Crippen LogP contribution in [-0.4, -0.2) is 55.7 Å². The van der Waals surface area contributed by atoms with Crippen LogP contribution in [0.15, 0.2) is 27.0 Å². The maximum atomic E-state index is 11.9. The summed E-state index contributed by atoms with van der Waals surface area (Å²) >= 11 is 1.42. The zero-order valence-electron chi connectivity index (χ0n) is 19.3. The molecular formula is C22H33N5O2S2. The highest BCUT2D eigenvalue weighted by Crippen LogP contribution is 2.34. The Bertz CT molecular complexity index is 1030. The third-order valence-electron chi connectivity index (χ3n) is 5.98. The fraction of sp³-hybridized carbons (Fsp3) is 0.636. The van der Waals surface area contributed by atoms with Gasteiger partial charge in [-0.2, -0.15) is 9.36 Å². The van der Waals surface area contributed by atoms with Crippen molar-refractivity contribution >= 4 is 43.6 Å². The minimum atomic E-state index is -3.17. The number of aromatic nitrogens is 2. The molecule has 9 heteroatoms. The average molecular weight is 464 g/mol. The Morgan fingerprint density at radius 2 is 1.94 bits per heavy atom. The van der Waals surface area contributed by atoms with Crippen molar-refractivity contribution in [2.24, 2.45) is 27.7 Å². The maximum absolute atomic E-state index is 11.9. The van der Waals surface area contributed by atoms with E-state index >= 15 is 0 Å². The summed E-state index contributed by atoms with van der Waals surface area (Å²) in [5.74, 6) is 2.39. The normalized spacial score (nSPS) is 22.0. The fourth-order valence-corrected chi connectivity index (χ4v) is 6.05. The minimum absolute atomic E-state index is 0.0534. The first kappa shape index (κ1) is 23.8. The van der Waals surface area contributed by atoms with Crippen LogP contribution < -0.4 is 4.90 Å². The number of amidine groups is 1. The summed E-state index contributed by atoms with van der Waals surface area (Å²) in [5, 5.41) is 0.937. The Labute approximate surface area is 190 Å². The molecule has 2 heterocycles. The number of hydrogen-bond acceptors (Lipinski definition) is 7. The molecule has 1 fully saturated rings. The van der Waals surface area contributed by atoms with Crippen LogP contribution in [0.5, 0.6) is 0 Å². The molecule has 0 spiro atoms. The van der Waals surface area contributed by atoms with E-state index in [1.807, 2.05) is 20.0 Å². The van der Waals surface area contributed by atoms with Crippen LogP contribution in [0.1, 0.15) is 52.8 Å². The molecule has 0 saturated carbocycles. The summed E-state index contributed by atoms with van der Waals surface area (Å²) in [4.78, 5) is 16.6. The number of nitrogens with zero attached hydrogens (tertiary/aromatic N) is 5. The summed E-state index contributed by atoms with van der Waals surface area (Å²) in [6.45, 7) is 10.2. The van der Waals surface area contributed by atoms with Crippen molar-refractivity contribution in [2.45, 2.75) is 47.0 Å². The molecule has 1 saturated heterocycles. The number of rotatable bonds is 5. The molecule has 0 bridgehead atoms. The largest absolute Gasteiger partial charge is 0.347 e. The van der Waals surface area contributed by atoms with E-state index in [9.17, 15) is 8.42 Å². The van der Waals surface area contributed by atoms with Crippen LogP contribution in [0.25, 0.3) is 5.57 Å². The van der Waals surface area contributed by atoms with Gasteiger partial charge in [0, 0.05) is 60.4 Å². The Kier molecular flexibility index (Phi) is 7.47. The van der Waals surface area contributed by atoms with Gasteiger partial charge in [-0.3, -0.25) is 4.99 Å². The van der Waals surface area contributed by atoms with Gasteiger partial charge in [-0.25, -0.2) is 13.4 Å². The molecule has 170 valence electrons. The minimum Gasteiger partial charge on any atom is -0.347 e. The van der Waals surface area contributed by atoms with Crippen molar-refractivity contribution in [3.05, 3.63) is 22.9 Å². The number of aliphatic imine (C=N–C) groups is 2. The second-order valence-electron chi connectivity index (χ2n) is 8.79. The number of hydrogen-bond donors (Lipinski definition) is 0. The van der Waals surface area contributed by atoms with Gasteiger partial charge >= 0.3 is 0 Å². The molecule has 2 aliphatic rings. The van der Waals surface area contributed by atoms with E-state index < -0.39 is 9.84 Å². The summed E-state index contributed by atoms with van der Waals surface area (Å²) in [6, 6.07) is 0. The van der Waals surface area contributed by atoms with Gasteiger partial charge in [0.1, 0.15) is 5.84 Å². The van der Waals surface area contributed by atoms with Crippen LogP contribution in [0.4, 0.5) is 5.13 Å². The third-order valence-corrected chi connectivity index (χ3v) is 8.16. The van der Waals surface area contributed by atoms with Crippen LogP contribution in [0.3, 0.4) is 0 Å². The first-order valence-corrected chi connectivity index (χ1v) is 13.5. The molecule has 1 atom stereocenters. The molecule has 3 rings (SSSR count). The molecule has 1 aliphatic carbocycles. The molecule has 0 amide bonds. The third kappa shape index (κ3) is 5.68. The standard InChI is InChI=1S/C22H33N5O2S2/c1-14(2)20(23-5)24-16(4)17-9-11-27(12-10-17)22-25-21(26-30-22)18-7-8-19(15(3)13-18)31(6,28)29/h7-8,14-15,17H,9-13H2,1-6H3/b23-20-,24-16+. The number of anilines is 1. The summed E-state index contributed by atoms with van der Waals surface area (Å²) in [7, 11) is -1.36. The van der Waals surface area contributed by atoms with E-state index in [-0.39, 0.29) is 5.92 Å². The molecule has 0 N–H and O–H groups in total. The predicted molar refractivity (Wildman–Crippen MR) is 131 cm³/mol. The van der Waals surface area contributed by atoms with E-state index in [0.29, 0.717) is 23.2 Å². The number of sulfone groups is 1. The van der Waals surface area contributed by atoms with Gasteiger partial charge in [-0.1, -0.05) is 26.8 Å². The van der Waals surface area contributed by atoms with Crippen molar-refractivity contribution in [1.29, 1.82) is 0 Å². The monoisotopic (exact) mass is 463 g/mol. The Balaban J connectivity index is 1.66. The smallest absolute Gasteiger partial charge is 0.205 e. The van der Waals surface area contributed by atoms with E-state index in [1.54, 1.807) is 6.08 Å². The molecule has 1 unspecified atom stereocenters. The van der Waals surface area contributed by atoms with Gasteiger partial charge in [0.25, 0.3) is 0 Å². The lowest BCUT2D eigenvalue weighted by Gasteiger charge is -2.31.